The van der Waals surface area contributed by atoms with Crippen LogP contribution in [-0.4, -0.2) is 35.2 Å². The van der Waals surface area contributed by atoms with Gasteiger partial charge in [0, 0.05) is 24.5 Å². The summed E-state index contributed by atoms with van der Waals surface area (Å²) in [5.41, 5.74) is 2.11. The van der Waals surface area contributed by atoms with E-state index in [0.717, 1.165) is 48.4 Å². The van der Waals surface area contributed by atoms with Gasteiger partial charge in [-0.15, -0.1) is 0 Å². The predicted octanol–water partition coefficient (Wildman–Crippen LogP) is 5.29. The first-order valence-electron chi connectivity index (χ1n) is 11.5. The van der Waals surface area contributed by atoms with Crippen molar-refractivity contribution in [3.05, 3.63) is 89.7 Å². The van der Waals surface area contributed by atoms with Crippen molar-refractivity contribution in [1.82, 2.24) is 14.9 Å². The smallest absolute Gasteiger partial charge is 0.257 e. The fourth-order valence-corrected chi connectivity index (χ4v) is 3.83. The van der Waals surface area contributed by atoms with E-state index in [-0.39, 0.29) is 12.5 Å². The summed E-state index contributed by atoms with van der Waals surface area (Å²) in [6, 6.07) is 25.0. The first-order valence-corrected chi connectivity index (χ1v) is 11.8. The Hall–Kier alpha value is -3.51. The Morgan fingerprint density at radius 2 is 1.62 bits per heavy atom. The number of rotatable bonds is 12. The van der Waals surface area contributed by atoms with Gasteiger partial charge in [-0.2, -0.15) is 0 Å². The molecule has 3 aromatic carbocycles. The molecule has 176 valence electrons. The van der Waals surface area contributed by atoms with Gasteiger partial charge in [-0.1, -0.05) is 41.9 Å². The number of carbonyl (C=O) groups is 1. The molecule has 0 saturated heterocycles. The molecular formula is C27H28ClN3O3. The van der Waals surface area contributed by atoms with Gasteiger partial charge in [-0.05, 0) is 61.4 Å². The first kappa shape index (κ1) is 23.6. The molecule has 6 nitrogen and oxygen atoms in total. The van der Waals surface area contributed by atoms with Crippen LogP contribution in [0.5, 0.6) is 11.5 Å². The highest BCUT2D eigenvalue weighted by Gasteiger charge is 2.11. The summed E-state index contributed by atoms with van der Waals surface area (Å²) >= 11 is 5.86. The van der Waals surface area contributed by atoms with E-state index >= 15 is 0 Å². The third kappa shape index (κ3) is 6.75. The number of amides is 1. The Balaban J connectivity index is 1.25. The van der Waals surface area contributed by atoms with Gasteiger partial charge in [0.05, 0.1) is 17.6 Å². The Bertz CT molecular complexity index is 1190. The molecule has 7 heteroatoms. The number of ether oxygens (including phenoxy) is 2. The van der Waals surface area contributed by atoms with Gasteiger partial charge < -0.3 is 19.4 Å². The molecule has 0 aliphatic carbocycles. The van der Waals surface area contributed by atoms with Crippen molar-refractivity contribution in [2.45, 2.75) is 25.8 Å². The second-order valence-corrected chi connectivity index (χ2v) is 8.32. The zero-order valence-corrected chi connectivity index (χ0v) is 19.7. The van der Waals surface area contributed by atoms with Gasteiger partial charge in [-0.25, -0.2) is 4.98 Å². The zero-order chi connectivity index (χ0) is 23.6. The largest absolute Gasteiger partial charge is 0.494 e. The number of nitrogens with one attached hydrogen (secondary N) is 1. The summed E-state index contributed by atoms with van der Waals surface area (Å²) in [5, 5.41) is 3.54. The number of carbonyl (C=O) groups excluding carboxylic acids is 1. The van der Waals surface area contributed by atoms with Crippen molar-refractivity contribution in [2.75, 3.05) is 19.8 Å². The van der Waals surface area contributed by atoms with Gasteiger partial charge >= 0.3 is 0 Å². The molecule has 0 saturated carbocycles. The van der Waals surface area contributed by atoms with Gasteiger partial charge in [0.15, 0.2) is 6.61 Å². The maximum absolute atomic E-state index is 12.1. The Kier molecular flexibility index (Phi) is 8.41. The third-order valence-electron chi connectivity index (χ3n) is 5.35. The second-order valence-electron chi connectivity index (χ2n) is 7.88. The molecule has 0 aliphatic rings. The van der Waals surface area contributed by atoms with Crippen LogP contribution in [0, 0.1) is 0 Å². The normalized spacial score (nSPS) is 10.9. The van der Waals surface area contributed by atoms with Crippen LogP contribution < -0.4 is 14.8 Å². The average Bonchev–Trinajstić information content (AvgIpc) is 3.22. The van der Waals surface area contributed by atoms with Crippen molar-refractivity contribution >= 4 is 28.5 Å². The molecule has 1 amide bonds. The van der Waals surface area contributed by atoms with E-state index in [1.807, 2.05) is 48.5 Å². The molecule has 0 unspecified atom stereocenters. The van der Waals surface area contributed by atoms with Crippen LogP contribution in [0.4, 0.5) is 0 Å². The number of hydrogen-bond donors (Lipinski definition) is 1. The van der Waals surface area contributed by atoms with Crippen LogP contribution in [0.25, 0.3) is 11.0 Å². The van der Waals surface area contributed by atoms with E-state index < -0.39 is 0 Å². The van der Waals surface area contributed by atoms with E-state index in [0.29, 0.717) is 23.9 Å². The SMILES string of the molecule is O=C(COc1ccc(Cl)cc1)NCCCc1nc2ccccc2n1CCCOc1ccccc1. The Labute approximate surface area is 204 Å². The van der Waals surface area contributed by atoms with E-state index in [2.05, 4.69) is 16.0 Å². The molecule has 0 aliphatic heterocycles. The molecule has 0 fully saturated rings. The lowest BCUT2D eigenvalue weighted by molar-refractivity contribution is -0.123. The fraction of sp³-hybridized carbons (Fsp3) is 0.259. The number of aryl methyl sites for hydroxylation is 2. The first-order chi connectivity index (χ1) is 16.7. The van der Waals surface area contributed by atoms with Crippen molar-refractivity contribution < 1.29 is 14.3 Å². The van der Waals surface area contributed by atoms with Crippen LogP contribution in [0.2, 0.25) is 5.02 Å². The lowest BCUT2D eigenvalue weighted by Crippen LogP contribution is -2.30. The van der Waals surface area contributed by atoms with Crippen molar-refractivity contribution in [2.24, 2.45) is 0 Å². The van der Waals surface area contributed by atoms with Crippen molar-refractivity contribution in [3.8, 4) is 11.5 Å². The number of halogens is 1. The third-order valence-corrected chi connectivity index (χ3v) is 5.61. The molecule has 34 heavy (non-hydrogen) atoms. The number of nitrogens with zero attached hydrogens (tertiary/aromatic N) is 2. The van der Waals surface area contributed by atoms with Crippen molar-refractivity contribution in [3.63, 3.8) is 0 Å². The van der Waals surface area contributed by atoms with E-state index in [1.165, 1.54) is 0 Å². The highest BCUT2D eigenvalue weighted by molar-refractivity contribution is 6.30. The standard InChI is InChI=1S/C27H28ClN3O3/c28-21-13-15-23(16-14-21)34-20-27(32)29-17-6-12-26-30-24-10-4-5-11-25(24)31(26)18-7-19-33-22-8-2-1-3-9-22/h1-5,8-11,13-16H,6-7,12,17-20H2,(H,29,32). The number of benzene rings is 3. The number of fused-ring (bicyclic) bond motifs is 1. The minimum absolute atomic E-state index is 0.0262. The van der Waals surface area contributed by atoms with Crippen LogP contribution in [-0.2, 0) is 17.8 Å². The lowest BCUT2D eigenvalue weighted by Gasteiger charge is -2.11. The topological polar surface area (TPSA) is 65.4 Å². The molecule has 1 heterocycles. The minimum atomic E-state index is -0.151. The summed E-state index contributed by atoms with van der Waals surface area (Å²) in [6.07, 6.45) is 2.43. The van der Waals surface area contributed by atoms with Crippen LogP contribution in [0.1, 0.15) is 18.7 Å². The van der Waals surface area contributed by atoms with Crippen molar-refractivity contribution in [1.29, 1.82) is 0 Å². The molecule has 0 atom stereocenters. The van der Waals surface area contributed by atoms with Crippen LogP contribution >= 0.6 is 11.6 Å². The Morgan fingerprint density at radius 3 is 2.44 bits per heavy atom. The highest BCUT2D eigenvalue weighted by Crippen LogP contribution is 2.18. The molecule has 0 radical (unpaired) electrons. The molecule has 1 N–H and O–H groups in total. The van der Waals surface area contributed by atoms with Gasteiger partial charge in [0.2, 0.25) is 0 Å². The van der Waals surface area contributed by atoms with Gasteiger partial charge in [0.1, 0.15) is 17.3 Å². The molecule has 0 bridgehead atoms. The summed E-state index contributed by atoms with van der Waals surface area (Å²) in [7, 11) is 0. The predicted molar refractivity (Wildman–Crippen MR) is 135 cm³/mol. The average molecular weight is 478 g/mol. The van der Waals surface area contributed by atoms with Gasteiger partial charge in [0.25, 0.3) is 5.91 Å². The van der Waals surface area contributed by atoms with Gasteiger partial charge in [-0.3, -0.25) is 4.79 Å². The maximum atomic E-state index is 12.1. The van der Waals surface area contributed by atoms with E-state index in [1.54, 1.807) is 24.3 Å². The molecule has 4 aromatic rings. The lowest BCUT2D eigenvalue weighted by atomic mass is 10.2. The zero-order valence-electron chi connectivity index (χ0n) is 19.0. The van der Waals surface area contributed by atoms with Crippen LogP contribution in [0.15, 0.2) is 78.9 Å². The van der Waals surface area contributed by atoms with E-state index in [4.69, 9.17) is 26.1 Å². The quantitative estimate of drug-likeness (QED) is 0.282. The van der Waals surface area contributed by atoms with Crippen LogP contribution in [0.3, 0.4) is 0 Å². The Morgan fingerprint density at radius 1 is 0.882 bits per heavy atom. The second kappa shape index (κ2) is 12.1. The summed E-state index contributed by atoms with van der Waals surface area (Å²) in [4.78, 5) is 16.9. The number of aromatic nitrogens is 2. The summed E-state index contributed by atoms with van der Waals surface area (Å²) in [5.74, 6) is 2.37. The molecule has 0 spiro atoms. The number of para-hydroxylation sites is 3. The number of imidazole rings is 1. The molecule has 4 rings (SSSR count). The molecular weight excluding hydrogens is 450 g/mol. The minimum Gasteiger partial charge on any atom is -0.494 e. The monoisotopic (exact) mass is 477 g/mol. The fourth-order valence-electron chi connectivity index (χ4n) is 3.70. The highest BCUT2D eigenvalue weighted by atomic mass is 35.5. The summed E-state index contributed by atoms with van der Waals surface area (Å²) < 4.78 is 13.6. The summed E-state index contributed by atoms with van der Waals surface area (Å²) in [6.45, 7) is 1.99. The van der Waals surface area contributed by atoms with E-state index in [9.17, 15) is 4.79 Å². The maximum Gasteiger partial charge on any atom is 0.257 e. The number of hydrogen-bond acceptors (Lipinski definition) is 4. The molecule has 1 aromatic heterocycles.